The molecule has 0 bridgehead atoms. The molecule has 4 aromatic rings. The van der Waals surface area contributed by atoms with Gasteiger partial charge in [-0.15, -0.1) is 0 Å². The zero-order valence-corrected chi connectivity index (χ0v) is 24.4. The number of aromatic nitrogens is 2. The summed E-state index contributed by atoms with van der Waals surface area (Å²) in [4.78, 5) is 35.1. The Morgan fingerprint density at radius 3 is 2.48 bits per heavy atom. The lowest BCUT2D eigenvalue weighted by atomic mass is 10.0. The highest BCUT2D eigenvalue weighted by atomic mass is 35.5. The summed E-state index contributed by atoms with van der Waals surface area (Å²) in [6.07, 6.45) is 1.64. The fraction of sp³-hybridized carbons (Fsp3) is 0.300. The second-order valence-electron chi connectivity index (χ2n) is 10.3. The first-order chi connectivity index (χ1) is 20.2. The number of hydrogen-bond donors (Lipinski definition) is 3. The summed E-state index contributed by atoms with van der Waals surface area (Å²) < 4.78 is 31.1. The molecular weight excluding hydrogens is 564 g/mol. The summed E-state index contributed by atoms with van der Waals surface area (Å²) in [6, 6.07) is 9.41. The highest BCUT2D eigenvalue weighted by Gasteiger charge is 2.19. The van der Waals surface area contributed by atoms with E-state index in [-0.39, 0.29) is 33.2 Å². The number of nitrogens with zero attached hydrogens (tertiary/aromatic N) is 4. The molecule has 0 atom stereocenters. The van der Waals surface area contributed by atoms with Crippen LogP contribution in [0.15, 0.2) is 53.5 Å². The highest BCUT2D eigenvalue weighted by Crippen LogP contribution is 2.33. The second kappa shape index (κ2) is 12.4. The van der Waals surface area contributed by atoms with E-state index in [0.717, 1.165) is 32.2 Å². The second-order valence-corrected chi connectivity index (χ2v) is 10.7. The standard InChI is InChI=1S/C30H32ClF2N7O2/c1-4-40-27-15-28(34-2)35-16-18(27)12-22(29(40)41)21-13-26(25(33)14-23(21)31)37-30(42)36-20-5-6-24(32)19(11-20)17-39-9-7-38(3)8-10-39/h5-6,11-16H,4,7-10,17H2,1-3H3,(H,34,35)(H2,36,37,42). The first-order valence-electron chi connectivity index (χ1n) is 13.6. The van der Waals surface area contributed by atoms with Crippen molar-refractivity contribution in [2.45, 2.75) is 20.0 Å². The molecule has 0 spiro atoms. The summed E-state index contributed by atoms with van der Waals surface area (Å²) in [6.45, 7) is 6.09. The molecule has 3 heterocycles. The van der Waals surface area contributed by atoms with Crippen molar-refractivity contribution < 1.29 is 13.6 Å². The molecule has 2 aromatic carbocycles. The molecule has 0 unspecified atom stereocenters. The van der Waals surface area contributed by atoms with E-state index in [4.69, 9.17) is 11.6 Å². The van der Waals surface area contributed by atoms with Gasteiger partial charge >= 0.3 is 6.03 Å². The van der Waals surface area contributed by atoms with E-state index < -0.39 is 11.8 Å². The number of carbonyl (C=O) groups excluding carboxylic acids is 1. The third-order valence-corrected chi connectivity index (χ3v) is 7.75. The van der Waals surface area contributed by atoms with Crippen molar-refractivity contribution in [3.05, 3.63) is 81.2 Å². The van der Waals surface area contributed by atoms with Gasteiger partial charge in [-0.1, -0.05) is 11.6 Å². The van der Waals surface area contributed by atoms with Crippen LogP contribution in [-0.4, -0.2) is 65.7 Å². The van der Waals surface area contributed by atoms with Crippen molar-refractivity contribution >= 4 is 45.7 Å². The van der Waals surface area contributed by atoms with Crippen molar-refractivity contribution in [1.82, 2.24) is 19.4 Å². The molecule has 1 fully saturated rings. The number of nitrogens with one attached hydrogen (secondary N) is 3. The Labute approximate surface area is 247 Å². The zero-order chi connectivity index (χ0) is 30.0. The van der Waals surface area contributed by atoms with Gasteiger partial charge in [-0.25, -0.2) is 18.6 Å². The van der Waals surface area contributed by atoms with Crippen molar-refractivity contribution in [3.63, 3.8) is 0 Å². The number of aryl methyl sites for hydroxylation is 1. The molecule has 2 amide bonds. The van der Waals surface area contributed by atoms with E-state index in [0.29, 0.717) is 41.1 Å². The van der Waals surface area contributed by atoms with Crippen molar-refractivity contribution in [3.8, 4) is 11.1 Å². The number of amides is 2. The van der Waals surface area contributed by atoms with Crippen LogP contribution in [0.3, 0.4) is 0 Å². The van der Waals surface area contributed by atoms with Crippen LogP contribution in [0.1, 0.15) is 12.5 Å². The molecule has 42 heavy (non-hydrogen) atoms. The SMILES string of the molecule is CCn1c(=O)c(-c2cc(NC(=O)Nc3ccc(F)c(CN4CCN(C)CC4)c3)c(F)cc2Cl)cc2cnc(NC)cc21. The average molecular weight is 596 g/mol. The quantitative estimate of drug-likeness (QED) is 0.263. The van der Waals surface area contributed by atoms with Crippen LogP contribution in [0.2, 0.25) is 5.02 Å². The monoisotopic (exact) mass is 595 g/mol. The fourth-order valence-corrected chi connectivity index (χ4v) is 5.32. The Morgan fingerprint density at radius 2 is 1.76 bits per heavy atom. The number of hydrogen-bond acceptors (Lipinski definition) is 6. The molecule has 3 N–H and O–H groups in total. The van der Waals surface area contributed by atoms with Crippen LogP contribution >= 0.6 is 11.6 Å². The molecular formula is C30H32ClF2N7O2. The maximum absolute atomic E-state index is 14.9. The minimum absolute atomic E-state index is 0.0180. The first kappa shape index (κ1) is 29.4. The van der Waals surface area contributed by atoms with Gasteiger partial charge in [0.05, 0.1) is 16.2 Å². The Hall–Kier alpha value is -4.06. The van der Waals surface area contributed by atoms with Crippen molar-refractivity contribution in [2.24, 2.45) is 0 Å². The van der Waals surface area contributed by atoms with Crippen LogP contribution in [0, 0.1) is 11.6 Å². The van der Waals surface area contributed by atoms with Crippen LogP contribution in [-0.2, 0) is 13.1 Å². The van der Waals surface area contributed by atoms with E-state index in [2.05, 4.69) is 30.7 Å². The number of piperazine rings is 1. The van der Waals surface area contributed by atoms with Gasteiger partial charge in [0, 0.05) is 86.3 Å². The smallest absolute Gasteiger partial charge is 0.323 e. The Balaban J connectivity index is 1.39. The molecule has 12 heteroatoms. The minimum atomic E-state index is -0.773. The molecule has 0 saturated carbocycles. The molecule has 1 saturated heterocycles. The number of carbonyl (C=O) groups is 1. The van der Waals surface area contributed by atoms with Crippen LogP contribution in [0.4, 0.5) is 30.8 Å². The van der Waals surface area contributed by atoms with Crippen molar-refractivity contribution in [1.29, 1.82) is 0 Å². The summed E-state index contributed by atoms with van der Waals surface area (Å²) in [7, 11) is 3.79. The average Bonchev–Trinajstić information content (AvgIpc) is 2.97. The zero-order valence-electron chi connectivity index (χ0n) is 23.6. The molecule has 1 aliphatic heterocycles. The normalized spacial score (nSPS) is 14.2. The number of likely N-dealkylation sites (N-methyl/N-ethyl adjacent to an activating group) is 1. The largest absolute Gasteiger partial charge is 0.373 e. The van der Waals surface area contributed by atoms with Gasteiger partial charge in [0.2, 0.25) is 0 Å². The van der Waals surface area contributed by atoms with E-state index >= 15 is 0 Å². The maximum Gasteiger partial charge on any atom is 0.323 e. The fourth-order valence-electron chi connectivity index (χ4n) is 5.07. The Morgan fingerprint density at radius 1 is 1.00 bits per heavy atom. The van der Waals surface area contributed by atoms with Crippen molar-refractivity contribution in [2.75, 3.05) is 56.2 Å². The van der Waals surface area contributed by atoms with Crippen LogP contribution in [0.5, 0.6) is 0 Å². The molecule has 0 aliphatic carbocycles. The summed E-state index contributed by atoms with van der Waals surface area (Å²) in [5.41, 5.74) is 1.52. The van der Waals surface area contributed by atoms with Gasteiger partial charge in [-0.3, -0.25) is 9.69 Å². The molecule has 9 nitrogen and oxygen atoms in total. The number of anilines is 3. The summed E-state index contributed by atoms with van der Waals surface area (Å²) >= 11 is 6.40. The maximum atomic E-state index is 14.9. The minimum Gasteiger partial charge on any atom is -0.373 e. The third-order valence-electron chi connectivity index (χ3n) is 7.44. The molecule has 1 aliphatic rings. The molecule has 5 rings (SSSR count). The van der Waals surface area contributed by atoms with Gasteiger partial charge < -0.3 is 25.4 Å². The van der Waals surface area contributed by atoms with E-state index in [9.17, 15) is 18.4 Å². The number of fused-ring (bicyclic) bond motifs is 1. The van der Waals surface area contributed by atoms with Gasteiger partial charge in [0.1, 0.15) is 17.5 Å². The lowest BCUT2D eigenvalue weighted by Crippen LogP contribution is -2.44. The lowest BCUT2D eigenvalue weighted by molar-refractivity contribution is 0.147. The molecule has 2 aromatic heterocycles. The topological polar surface area (TPSA) is 94.5 Å². The highest BCUT2D eigenvalue weighted by molar-refractivity contribution is 6.33. The summed E-state index contributed by atoms with van der Waals surface area (Å²) in [5.74, 6) is -0.522. The van der Waals surface area contributed by atoms with Crippen LogP contribution < -0.4 is 21.5 Å². The van der Waals surface area contributed by atoms with E-state index in [1.54, 1.807) is 36.0 Å². The predicted octanol–water partition coefficient (Wildman–Crippen LogP) is 5.45. The summed E-state index contributed by atoms with van der Waals surface area (Å²) in [5, 5.41) is 8.82. The molecule has 220 valence electrons. The Kier molecular flexibility index (Phi) is 8.72. The van der Waals surface area contributed by atoms with Gasteiger partial charge in [0.25, 0.3) is 5.56 Å². The Bertz CT molecular complexity index is 1700. The third kappa shape index (κ3) is 6.23. The predicted molar refractivity (Wildman–Crippen MR) is 163 cm³/mol. The van der Waals surface area contributed by atoms with Gasteiger partial charge in [-0.05, 0) is 50.4 Å². The number of pyridine rings is 2. The van der Waals surface area contributed by atoms with Crippen LogP contribution in [0.25, 0.3) is 22.0 Å². The lowest BCUT2D eigenvalue weighted by Gasteiger charge is -2.32. The van der Waals surface area contributed by atoms with E-state index in [1.165, 1.54) is 18.2 Å². The first-order valence-corrected chi connectivity index (χ1v) is 14.0. The van der Waals surface area contributed by atoms with Gasteiger partial charge in [0.15, 0.2) is 0 Å². The number of urea groups is 1. The number of rotatable bonds is 7. The van der Waals surface area contributed by atoms with E-state index in [1.807, 2.05) is 14.0 Å². The number of halogens is 3. The van der Waals surface area contributed by atoms with Gasteiger partial charge in [-0.2, -0.15) is 0 Å². The number of benzene rings is 2. The molecule has 0 radical (unpaired) electrons.